The molecule has 0 amide bonds. The third-order valence-electron chi connectivity index (χ3n) is 3.80. The van der Waals surface area contributed by atoms with Gasteiger partial charge in [-0.1, -0.05) is 13.8 Å². The van der Waals surface area contributed by atoms with Crippen LogP contribution in [0.5, 0.6) is 0 Å². The van der Waals surface area contributed by atoms with Crippen LogP contribution in [0.3, 0.4) is 0 Å². The number of hydrogen-bond donors (Lipinski definition) is 1. The highest BCUT2D eigenvalue weighted by Gasteiger charge is 2.30. The fraction of sp³-hybridized carbons (Fsp3) is 1.00. The first-order valence-corrected chi connectivity index (χ1v) is 7.99. The van der Waals surface area contributed by atoms with Crippen molar-refractivity contribution in [3.8, 4) is 0 Å². The largest absolute Gasteiger partial charge is 0.395 e. The highest BCUT2D eigenvalue weighted by atomic mass is 32.2. The van der Waals surface area contributed by atoms with Crippen LogP contribution in [0.15, 0.2) is 0 Å². The second-order valence-corrected chi connectivity index (χ2v) is 7.72. The van der Waals surface area contributed by atoms with E-state index in [2.05, 4.69) is 13.8 Å². The van der Waals surface area contributed by atoms with Crippen LogP contribution in [-0.4, -0.2) is 42.8 Å². The van der Waals surface area contributed by atoms with E-state index in [4.69, 9.17) is 5.11 Å². The summed E-state index contributed by atoms with van der Waals surface area (Å²) in [5.41, 5.74) is 0. The average molecular weight is 263 g/mol. The Kier molecular flexibility index (Phi) is 5.41. The second-order valence-electron chi connectivity index (χ2n) is 5.37. The summed E-state index contributed by atoms with van der Waals surface area (Å²) < 4.78 is 25.8. The van der Waals surface area contributed by atoms with E-state index < -0.39 is 15.3 Å². The summed E-state index contributed by atoms with van der Waals surface area (Å²) in [7, 11) is -3.30. The molecule has 0 aromatic heterocycles. The molecular formula is C12H25NO3S. The maximum atomic E-state index is 12.1. The van der Waals surface area contributed by atoms with Gasteiger partial charge in [0, 0.05) is 13.1 Å². The molecule has 0 aromatic carbocycles. The van der Waals surface area contributed by atoms with Crippen LogP contribution in [-0.2, 0) is 10.0 Å². The number of rotatable bonds is 4. The number of sulfonamides is 1. The lowest BCUT2D eigenvalue weighted by atomic mass is 9.89. The Morgan fingerprint density at radius 1 is 1.24 bits per heavy atom. The molecule has 1 aliphatic heterocycles. The lowest BCUT2D eigenvalue weighted by Crippen LogP contribution is -2.39. The predicted molar refractivity (Wildman–Crippen MR) is 69.2 cm³/mol. The molecule has 4 nitrogen and oxygen atoms in total. The molecule has 0 radical (unpaired) electrons. The van der Waals surface area contributed by atoms with Gasteiger partial charge in [0.05, 0.1) is 11.9 Å². The Balaban J connectivity index is 2.69. The van der Waals surface area contributed by atoms with Crippen molar-refractivity contribution >= 4 is 10.0 Å². The van der Waals surface area contributed by atoms with Crippen molar-refractivity contribution in [2.45, 2.75) is 45.3 Å². The van der Waals surface area contributed by atoms with E-state index >= 15 is 0 Å². The Morgan fingerprint density at radius 2 is 1.88 bits per heavy atom. The first-order valence-electron chi connectivity index (χ1n) is 6.49. The van der Waals surface area contributed by atoms with Crippen molar-refractivity contribution < 1.29 is 13.5 Å². The molecule has 0 aromatic rings. The third-order valence-corrected chi connectivity index (χ3v) is 6.05. The zero-order valence-electron chi connectivity index (χ0n) is 11.1. The van der Waals surface area contributed by atoms with Crippen molar-refractivity contribution in [1.82, 2.24) is 4.31 Å². The Morgan fingerprint density at radius 3 is 2.41 bits per heavy atom. The SMILES string of the molecule is CC(C)C1CCCN(S(=O)(=O)C(C)CO)CC1. The van der Waals surface area contributed by atoms with Crippen LogP contribution >= 0.6 is 0 Å². The minimum atomic E-state index is -3.30. The highest BCUT2D eigenvalue weighted by Crippen LogP contribution is 2.26. The molecule has 0 spiro atoms. The molecule has 1 heterocycles. The van der Waals surface area contributed by atoms with Gasteiger partial charge in [0.15, 0.2) is 0 Å². The topological polar surface area (TPSA) is 57.6 Å². The molecular weight excluding hydrogens is 238 g/mol. The molecule has 0 saturated carbocycles. The van der Waals surface area contributed by atoms with Gasteiger partial charge >= 0.3 is 0 Å². The van der Waals surface area contributed by atoms with Crippen LogP contribution in [0.1, 0.15) is 40.0 Å². The molecule has 2 atom stereocenters. The second kappa shape index (κ2) is 6.16. The number of aliphatic hydroxyl groups excluding tert-OH is 1. The first kappa shape index (κ1) is 14.9. The van der Waals surface area contributed by atoms with E-state index in [1.54, 1.807) is 11.2 Å². The van der Waals surface area contributed by atoms with Gasteiger partial charge in [-0.15, -0.1) is 0 Å². The standard InChI is InChI=1S/C12H25NO3S/c1-10(2)12-5-4-7-13(8-6-12)17(15,16)11(3)9-14/h10-12,14H,4-9H2,1-3H3. The van der Waals surface area contributed by atoms with Gasteiger partial charge in [0.2, 0.25) is 10.0 Å². The number of nitrogens with zero attached hydrogens (tertiary/aromatic N) is 1. The van der Waals surface area contributed by atoms with Crippen LogP contribution in [0, 0.1) is 11.8 Å². The summed E-state index contributed by atoms with van der Waals surface area (Å²) in [6.07, 6.45) is 2.98. The van der Waals surface area contributed by atoms with Crippen molar-refractivity contribution in [3.63, 3.8) is 0 Å². The molecule has 102 valence electrons. The molecule has 0 aliphatic carbocycles. The molecule has 1 fully saturated rings. The Labute approximate surface area is 105 Å². The highest BCUT2D eigenvalue weighted by molar-refractivity contribution is 7.89. The van der Waals surface area contributed by atoms with Gasteiger partial charge in [0.25, 0.3) is 0 Å². The smallest absolute Gasteiger partial charge is 0.218 e. The van der Waals surface area contributed by atoms with Crippen molar-refractivity contribution in [2.24, 2.45) is 11.8 Å². The molecule has 2 unspecified atom stereocenters. The average Bonchev–Trinajstić information content (AvgIpc) is 2.53. The third kappa shape index (κ3) is 3.66. The zero-order chi connectivity index (χ0) is 13.1. The van der Waals surface area contributed by atoms with E-state index in [9.17, 15) is 8.42 Å². The van der Waals surface area contributed by atoms with Crippen LogP contribution in [0.25, 0.3) is 0 Å². The van der Waals surface area contributed by atoms with Crippen LogP contribution in [0.4, 0.5) is 0 Å². The number of hydrogen-bond acceptors (Lipinski definition) is 3. The maximum absolute atomic E-state index is 12.1. The maximum Gasteiger partial charge on any atom is 0.218 e. The lowest BCUT2D eigenvalue weighted by Gasteiger charge is -2.23. The van der Waals surface area contributed by atoms with Crippen molar-refractivity contribution in [2.75, 3.05) is 19.7 Å². The summed E-state index contributed by atoms with van der Waals surface area (Å²) in [5, 5.41) is 8.32. The van der Waals surface area contributed by atoms with Crippen LogP contribution < -0.4 is 0 Å². The molecule has 1 N–H and O–H groups in total. The van der Waals surface area contributed by atoms with Gasteiger partial charge in [-0.05, 0) is 38.0 Å². The van der Waals surface area contributed by atoms with Gasteiger partial charge in [-0.3, -0.25) is 0 Å². The van der Waals surface area contributed by atoms with E-state index in [0.717, 1.165) is 19.3 Å². The first-order chi connectivity index (χ1) is 7.89. The van der Waals surface area contributed by atoms with E-state index in [-0.39, 0.29) is 6.61 Å². The van der Waals surface area contributed by atoms with E-state index in [0.29, 0.717) is 24.9 Å². The Bertz CT molecular complexity index is 327. The van der Waals surface area contributed by atoms with E-state index in [1.807, 2.05) is 0 Å². The van der Waals surface area contributed by atoms with E-state index in [1.165, 1.54) is 0 Å². The quantitative estimate of drug-likeness (QED) is 0.835. The molecule has 1 saturated heterocycles. The fourth-order valence-electron chi connectivity index (χ4n) is 2.37. The summed E-state index contributed by atoms with van der Waals surface area (Å²) in [4.78, 5) is 0. The number of aliphatic hydroxyl groups is 1. The minimum absolute atomic E-state index is 0.299. The zero-order valence-corrected chi connectivity index (χ0v) is 11.9. The van der Waals surface area contributed by atoms with Gasteiger partial charge < -0.3 is 5.11 Å². The van der Waals surface area contributed by atoms with Gasteiger partial charge in [-0.2, -0.15) is 0 Å². The minimum Gasteiger partial charge on any atom is -0.395 e. The predicted octanol–water partition coefficient (Wildman–Crippen LogP) is 1.46. The van der Waals surface area contributed by atoms with Crippen molar-refractivity contribution in [3.05, 3.63) is 0 Å². The Hall–Kier alpha value is -0.130. The van der Waals surface area contributed by atoms with Gasteiger partial charge in [-0.25, -0.2) is 12.7 Å². The van der Waals surface area contributed by atoms with Gasteiger partial charge in [0.1, 0.15) is 0 Å². The molecule has 17 heavy (non-hydrogen) atoms. The molecule has 1 rings (SSSR count). The fourth-order valence-corrected chi connectivity index (χ4v) is 3.81. The van der Waals surface area contributed by atoms with Crippen molar-refractivity contribution in [1.29, 1.82) is 0 Å². The monoisotopic (exact) mass is 263 g/mol. The summed E-state index contributed by atoms with van der Waals surface area (Å²) in [6.45, 7) is 6.88. The normalized spacial score (nSPS) is 25.8. The summed E-state index contributed by atoms with van der Waals surface area (Å²) in [6, 6.07) is 0. The lowest BCUT2D eigenvalue weighted by molar-refractivity contribution is 0.288. The summed E-state index contributed by atoms with van der Waals surface area (Å²) >= 11 is 0. The van der Waals surface area contributed by atoms with Crippen LogP contribution in [0.2, 0.25) is 0 Å². The summed E-state index contributed by atoms with van der Waals surface area (Å²) in [5.74, 6) is 1.24. The molecule has 5 heteroatoms. The molecule has 1 aliphatic rings. The molecule has 0 bridgehead atoms.